The second-order valence-electron chi connectivity index (χ2n) is 5.70. The average molecular weight is 346 g/mol. The van der Waals surface area contributed by atoms with Crippen LogP contribution in [0.15, 0.2) is 24.3 Å². The van der Waals surface area contributed by atoms with Gasteiger partial charge in [-0.3, -0.25) is 9.69 Å². The zero-order valence-corrected chi connectivity index (χ0v) is 14.6. The van der Waals surface area contributed by atoms with Crippen LogP contribution in [0, 0.1) is 5.92 Å². The van der Waals surface area contributed by atoms with Crippen LogP contribution in [-0.4, -0.2) is 44.0 Å². The lowest BCUT2D eigenvalue weighted by Gasteiger charge is -2.32. The molecule has 0 radical (unpaired) electrons. The van der Waals surface area contributed by atoms with Gasteiger partial charge in [0.25, 0.3) is 0 Å². The SMILES string of the molecule is CNCC1CCCN(CC(=O)NCc2ccc(Cl)cc2)C1.Cl. The summed E-state index contributed by atoms with van der Waals surface area (Å²) in [7, 11) is 1.98. The van der Waals surface area contributed by atoms with E-state index in [1.807, 2.05) is 31.3 Å². The van der Waals surface area contributed by atoms with Gasteiger partial charge in [-0.05, 0) is 56.6 Å². The number of nitrogens with one attached hydrogen (secondary N) is 2. The Balaban J connectivity index is 0.00000242. The van der Waals surface area contributed by atoms with Gasteiger partial charge in [-0.25, -0.2) is 0 Å². The fourth-order valence-electron chi connectivity index (χ4n) is 2.81. The van der Waals surface area contributed by atoms with Crippen LogP contribution in [0.3, 0.4) is 0 Å². The highest BCUT2D eigenvalue weighted by Crippen LogP contribution is 2.15. The third-order valence-electron chi connectivity index (χ3n) is 3.87. The molecule has 2 rings (SSSR count). The van der Waals surface area contributed by atoms with Gasteiger partial charge in [-0.15, -0.1) is 12.4 Å². The van der Waals surface area contributed by atoms with Crippen molar-refractivity contribution in [1.29, 1.82) is 0 Å². The minimum atomic E-state index is 0. The summed E-state index contributed by atoms with van der Waals surface area (Å²) in [6.07, 6.45) is 2.43. The summed E-state index contributed by atoms with van der Waals surface area (Å²) >= 11 is 5.84. The Hall–Kier alpha value is -0.810. The fourth-order valence-corrected chi connectivity index (χ4v) is 2.94. The molecule has 0 spiro atoms. The van der Waals surface area contributed by atoms with Gasteiger partial charge in [0, 0.05) is 18.1 Å². The normalized spacial score (nSPS) is 18.5. The van der Waals surface area contributed by atoms with Crippen molar-refractivity contribution in [3.63, 3.8) is 0 Å². The third-order valence-corrected chi connectivity index (χ3v) is 4.12. The van der Waals surface area contributed by atoms with Gasteiger partial charge >= 0.3 is 0 Å². The van der Waals surface area contributed by atoms with E-state index in [1.165, 1.54) is 12.8 Å². The number of benzene rings is 1. The van der Waals surface area contributed by atoms with E-state index in [-0.39, 0.29) is 18.3 Å². The van der Waals surface area contributed by atoms with E-state index in [0.717, 1.165) is 25.2 Å². The molecule has 0 aromatic heterocycles. The van der Waals surface area contributed by atoms with E-state index in [9.17, 15) is 4.79 Å². The highest BCUT2D eigenvalue weighted by Gasteiger charge is 2.20. The minimum Gasteiger partial charge on any atom is -0.351 e. The number of hydrogen-bond donors (Lipinski definition) is 2. The summed E-state index contributed by atoms with van der Waals surface area (Å²) in [6, 6.07) is 7.56. The van der Waals surface area contributed by atoms with Crippen molar-refractivity contribution in [2.45, 2.75) is 19.4 Å². The number of amides is 1. The molecule has 1 aromatic carbocycles. The molecule has 1 saturated heterocycles. The van der Waals surface area contributed by atoms with Crippen LogP contribution in [-0.2, 0) is 11.3 Å². The molecule has 1 fully saturated rings. The number of nitrogens with zero attached hydrogens (tertiary/aromatic N) is 1. The number of piperidine rings is 1. The van der Waals surface area contributed by atoms with Gasteiger partial charge in [-0.1, -0.05) is 23.7 Å². The molecule has 2 N–H and O–H groups in total. The number of carbonyl (C=O) groups excluding carboxylic acids is 1. The summed E-state index contributed by atoms with van der Waals surface area (Å²) in [5.41, 5.74) is 1.07. The molecule has 0 bridgehead atoms. The third kappa shape index (κ3) is 6.53. The van der Waals surface area contributed by atoms with E-state index < -0.39 is 0 Å². The van der Waals surface area contributed by atoms with E-state index >= 15 is 0 Å². The van der Waals surface area contributed by atoms with E-state index in [1.54, 1.807) is 0 Å². The van der Waals surface area contributed by atoms with Crippen molar-refractivity contribution < 1.29 is 4.79 Å². The van der Waals surface area contributed by atoms with Crippen molar-refractivity contribution in [3.05, 3.63) is 34.9 Å². The predicted octanol–water partition coefficient (Wildman–Crippen LogP) is 2.31. The summed E-state index contributed by atoms with van der Waals surface area (Å²) in [5.74, 6) is 0.753. The summed E-state index contributed by atoms with van der Waals surface area (Å²) < 4.78 is 0. The highest BCUT2D eigenvalue weighted by molar-refractivity contribution is 6.30. The molecule has 1 aliphatic rings. The second kappa shape index (κ2) is 10.1. The first-order chi connectivity index (χ1) is 10.2. The van der Waals surface area contributed by atoms with Crippen LogP contribution < -0.4 is 10.6 Å². The molecule has 1 heterocycles. The molecule has 1 aliphatic heterocycles. The zero-order valence-electron chi connectivity index (χ0n) is 13.0. The highest BCUT2D eigenvalue weighted by atomic mass is 35.5. The van der Waals surface area contributed by atoms with Gasteiger partial charge in [-0.2, -0.15) is 0 Å². The van der Waals surface area contributed by atoms with Gasteiger partial charge in [0.1, 0.15) is 0 Å². The first-order valence-corrected chi connectivity index (χ1v) is 7.93. The Labute approximate surface area is 144 Å². The van der Waals surface area contributed by atoms with Gasteiger partial charge in [0.05, 0.1) is 6.54 Å². The topological polar surface area (TPSA) is 44.4 Å². The largest absolute Gasteiger partial charge is 0.351 e. The maximum absolute atomic E-state index is 12.0. The first-order valence-electron chi connectivity index (χ1n) is 7.55. The van der Waals surface area contributed by atoms with Crippen molar-refractivity contribution in [2.75, 3.05) is 33.2 Å². The first kappa shape index (κ1) is 19.2. The lowest BCUT2D eigenvalue weighted by molar-refractivity contribution is -0.122. The lowest BCUT2D eigenvalue weighted by atomic mass is 9.98. The Morgan fingerprint density at radius 1 is 1.36 bits per heavy atom. The Bertz CT molecular complexity index is 451. The standard InChI is InChI=1S/C16H24ClN3O.ClH/c1-18-9-14-3-2-8-20(11-14)12-16(21)19-10-13-4-6-15(17)7-5-13;/h4-7,14,18H,2-3,8-12H2,1H3,(H,19,21);1H. The Morgan fingerprint density at radius 2 is 2.09 bits per heavy atom. The Kier molecular flexibility index (Phi) is 8.79. The van der Waals surface area contributed by atoms with E-state index in [0.29, 0.717) is 24.0 Å². The van der Waals surface area contributed by atoms with Gasteiger partial charge in [0.15, 0.2) is 0 Å². The number of halogens is 2. The lowest BCUT2D eigenvalue weighted by Crippen LogP contribution is -2.44. The molecule has 0 aliphatic carbocycles. The smallest absolute Gasteiger partial charge is 0.234 e. The van der Waals surface area contributed by atoms with Crippen LogP contribution >= 0.6 is 24.0 Å². The summed E-state index contributed by atoms with van der Waals surface area (Å²) in [4.78, 5) is 14.3. The molecule has 1 unspecified atom stereocenters. The van der Waals surface area contributed by atoms with Gasteiger partial charge < -0.3 is 10.6 Å². The molecular formula is C16H25Cl2N3O. The van der Waals surface area contributed by atoms with Crippen molar-refractivity contribution in [1.82, 2.24) is 15.5 Å². The summed E-state index contributed by atoms with van der Waals surface area (Å²) in [5, 5.41) is 6.91. The zero-order chi connectivity index (χ0) is 15.1. The van der Waals surface area contributed by atoms with Gasteiger partial charge in [0.2, 0.25) is 5.91 Å². The minimum absolute atomic E-state index is 0. The number of hydrogen-bond acceptors (Lipinski definition) is 3. The van der Waals surface area contributed by atoms with Crippen LogP contribution in [0.1, 0.15) is 18.4 Å². The predicted molar refractivity (Wildman–Crippen MR) is 93.6 cm³/mol. The molecule has 22 heavy (non-hydrogen) atoms. The molecule has 0 saturated carbocycles. The average Bonchev–Trinajstić information content (AvgIpc) is 2.47. The van der Waals surface area contributed by atoms with E-state index in [4.69, 9.17) is 11.6 Å². The molecule has 124 valence electrons. The maximum atomic E-state index is 12.0. The Morgan fingerprint density at radius 3 is 2.77 bits per heavy atom. The molecule has 6 heteroatoms. The van der Waals surface area contributed by atoms with Crippen LogP contribution in [0.5, 0.6) is 0 Å². The summed E-state index contributed by atoms with van der Waals surface area (Å²) in [6.45, 7) is 4.12. The molecule has 1 atom stereocenters. The van der Waals surface area contributed by atoms with Crippen molar-refractivity contribution in [2.24, 2.45) is 5.92 Å². The van der Waals surface area contributed by atoms with Crippen molar-refractivity contribution >= 4 is 29.9 Å². The molecule has 4 nitrogen and oxygen atoms in total. The quantitative estimate of drug-likeness (QED) is 0.831. The molecule has 1 aromatic rings. The number of carbonyl (C=O) groups is 1. The molecular weight excluding hydrogens is 321 g/mol. The maximum Gasteiger partial charge on any atom is 0.234 e. The van der Waals surface area contributed by atoms with Crippen molar-refractivity contribution in [3.8, 4) is 0 Å². The number of rotatable bonds is 6. The van der Waals surface area contributed by atoms with Crippen LogP contribution in [0.4, 0.5) is 0 Å². The fraction of sp³-hybridized carbons (Fsp3) is 0.562. The van der Waals surface area contributed by atoms with Crippen LogP contribution in [0.25, 0.3) is 0 Å². The monoisotopic (exact) mass is 345 g/mol. The second-order valence-corrected chi connectivity index (χ2v) is 6.14. The number of likely N-dealkylation sites (tertiary alicyclic amines) is 1. The van der Waals surface area contributed by atoms with Crippen LogP contribution in [0.2, 0.25) is 5.02 Å². The van der Waals surface area contributed by atoms with E-state index in [2.05, 4.69) is 15.5 Å². The molecule has 1 amide bonds.